The van der Waals surface area contributed by atoms with Gasteiger partial charge >= 0.3 is 5.97 Å². The first-order valence-corrected chi connectivity index (χ1v) is 4.79. The molecule has 0 saturated heterocycles. The van der Waals surface area contributed by atoms with Crippen LogP contribution in [0.15, 0.2) is 18.5 Å². The third-order valence-electron chi connectivity index (χ3n) is 2.08. The molecular formula is C10H9ClN2O2. The molecule has 0 unspecified atom stereocenters. The number of aryl methyl sites for hydroxylation is 1. The number of rotatable bonds is 2. The van der Waals surface area contributed by atoms with Crippen molar-refractivity contribution in [3.8, 4) is 0 Å². The summed E-state index contributed by atoms with van der Waals surface area (Å²) in [6.45, 7) is 1.89. The van der Waals surface area contributed by atoms with Crippen molar-refractivity contribution >= 4 is 23.2 Å². The molecule has 0 aliphatic carbocycles. The van der Waals surface area contributed by atoms with E-state index in [0.717, 1.165) is 11.2 Å². The number of nitrogens with zero attached hydrogens (tertiary/aromatic N) is 2. The van der Waals surface area contributed by atoms with Crippen molar-refractivity contribution in [2.45, 2.75) is 13.3 Å². The van der Waals surface area contributed by atoms with Gasteiger partial charge in [0.15, 0.2) is 0 Å². The van der Waals surface area contributed by atoms with E-state index in [-0.39, 0.29) is 6.42 Å². The SMILES string of the molecule is Cc1cc(Cl)cn2cc(CC(=O)O)nc12. The van der Waals surface area contributed by atoms with E-state index < -0.39 is 5.97 Å². The number of hydrogen-bond donors (Lipinski definition) is 1. The average molecular weight is 225 g/mol. The van der Waals surface area contributed by atoms with E-state index in [1.807, 2.05) is 6.92 Å². The summed E-state index contributed by atoms with van der Waals surface area (Å²) in [4.78, 5) is 14.7. The number of carbonyl (C=O) groups is 1. The Hall–Kier alpha value is -1.55. The largest absolute Gasteiger partial charge is 0.481 e. The number of halogens is 1. The number of imidazole rings is 1. The smallest absolute Gasteiger partial charge is 0.309 e. The van der Waals surface area contributed by atoms with Gasteiger partial charge < -0.3 is 9.51 Å². The molecule has 0 radical (unpaired) electrons. The fraction of sp³-hybridized carbons (Fsp3) is 0.200. The van der Waals surface area contributed by atoms with E-state index in [1.54, 1.807) is 22.9 Å². The molecule has 78 valence electrons. The lowest BCUT2D eigenvalue weighted by atomic mass is 10.3. The minimum atomic E-state index is -0.887. The molecule has 0 spiro atoms. The predicted octanol–water partition coefficient (Wildman–Crippen LogP) is 1.92. The Morgan fingerprint density at radius 3 is 3.00 bits per heavy atom. The highest BCUT2D eigenvalue weighted by Crippen LogP contribution is 2.16. The van der Waals surface area contributed by atoms with Crippen LogP contribution in [-0.4, -0.2) is 20.5 Å². The van der Waals surface area contributed by atoms with E-state index >= 15 is 0 Å². The monoisotopic (exact) mass is 224 g/mol. The summed E-state index contributed by atoms with van der Waals surface area (Å²) in [6, 6.07) is 1.80. The molecular weight excluding hydrogens is 216 g/mol. The summed E-state index contributed by atoms with van der Waals surface area (Å²) >= 11 is 5.87. The molecule has 0 aromatic carbocycles. The van der Waals surface area contributed by atoms with E-state index in [4.69, 9.17) is 16.7 Å². The zero-order valence-electron chi connectivity index (χ0n) is 8.07. The maximum absolute atomic E-state index is 10.5. The molecule has 0 fully saturated rings. The van der Waals surface area contributed by atoms with Crippen LogP contribution in [0.4, 0.5) is 0 Å². The maximum atomic E-state index is 10.5. The molecule has 2 aromatic heterocycles. The Balaban J connectivity index is 2.55. The molecule has 2 heterocycles. The fourth-order valence-electron chi connectivity index (χ4n) is 1.52. The highest BCUT2D eigenvalue weighted by atomic mass is 35.5. The Labute approximate surface area is 91.1 Å². The quantitative estimate of drug-likeness (QED) is 0.848. The first-order valence-electron chi connectivity index (χ1n) is 4.42. The van der Waals surface area contributed by atoms with Gasteiger partial charge in [0.05, 0.1) is 17.1 Å². The zero-order chi connectivity index (χ0) is 11.0. The Kier molecular flexibility index (Phi) is 2.36. The van der Waals surface area contributed by atoms with Crippen molar-refractivity contribution in [3.63, 3.8) is 0 Å². The lowest BCUT2D eigenvalue weighted by Crippen LogP contribution is -1.99. The minimum absolute atomic E-state index is 0.0707. The molecule has 4 nitrogen and oxygen atoms in total. The van der Waals surface area contributed by atoms with Crippen molar-refractivity contribution < 1.29 is 9.90 Å². The lowest BCUT2D eigenvalue weighted by Gasteiger charge is -1.97. The number of carboxylic acid groups (broad SMARTS) is 1. The summed E-state index contributed by atoms with van der Waals surface area (Å²) in [6.07, 6.45) is 3.32. The van der Waals surface area contributed by atoms with E-state index in [1.165, 1.54) is 0 Å². The van der Waals surface area contributed by atoms with Gasteiger partial charge in [0.2, 0.25) is 0 Å². The first kappa shape index (κ1) is 9.98. The second-order valence-electron chi connectivity index (χ2n) is 3.37. The molecule has 2 aromatic rings. The van der Waals surface area contributed by atoms with Crippen LogP contribution in [0.5, 0.6) is 0 Å². The van der Waals surface area contributed by atoms with Crippen molar-refractivity contribution in [3.05, 3.63) is 34.7 Å². The van der Waals surface area contributed by atoms with Crippen LogP contribution in [0, 0.1) is 6.92 Å². The molecule has 0 saturated carbocycles. The summed E-state index contributed by atoms with van der Waals surface area (Å²) in [7, 11) is 0. The molecule has 0 aliphatic rings. The Morgan fingerprint density at radius 2 is 2.33 bits per heavy atom. The van der Waals surface area contributed by atoms with E-state index in [0.29, 0.717) is 10.7 Å². The van der Waals surface area contributed by atoms with Gasteiger partial charge in [-0.25, -0.2) is 4.98 Å². The normalized spacial score (nSPS) is 10.8. The van der Waals surface area contributed by atoms with Crippen LogP contribution < -0.4 is 0 Å². The van der Waals surface area contributed by atoms with Gasteiger partial charge in [-0.2, -0.15) is 0 Å². The van der Waals surface area contributed by atoms with Gasteiger partial charge in [-0.3, -0.25) is 4.79 Å². The highest BCUT2D eigenvalue weighted by Gasteiger charge is 2.08. The zero-order valence-corrected chi connectivity index (χ0v) is 8.82. The molecule has 0 bridgehead atoms. The minimum Gasteiger partial charge on any atom is -0.481 e. The number of aliphatic carboxylic acids is 1. The molecule has 0 aliphatic heterocycles. The topological polar surface area (TPSA) is 54.6 Å². The van der Waals surface area contributed by atoms with Crippen LogP contribution in [0.25, 0.3) is 5.65 Å². The average Bonchev–Trinajstić information content (AvgIpc) is 2.45. The van der Waals surface area contributed by atoms with Gasteiger partial charge in [-0.05, 0) is 18.6 Å². The Bertz CT molecular complexity index is 533. The summed E-state index contributed by atoms with van der Waals surface area (Å²) in [5.74, 6) is -0.887. The van der Waals surface area contributed by atoms with E-state index in [9.17, 15) is 4.79 Å². The first-order chi connectivity index (χ1) is 7.06. The maximum Gasteiger partial charge on any atom is 0.309 e. The van der Waals surface area contributed by atoms with Gasteiger partial charge in [0.1, 0.15) is 5.65 Å². The van der Waals surface area contributed by atoms with Gasteiger partial charge in [0.25, 0.3) is 0 Å². The molecule has 15 heavy (non-hydrogen) atoms. The summed E-state index contributed by atoms with van der Waals surface area (Å²) in [5, 5.41) is 9.25. The number of carboxylic acids is 1. The molecule has 0 atom stereocenters. The number of pyridine rings is 1. The molecule has 2 rings (SSSR count). The standard InChI is InChI=1S/C10H9ClN2O2/c1-6-2-7(11)4-13-5-8(3-9(14)15)12-10(6)13/h2,4-5H,3H2,1H3,(H,14,15). The second kappa shape index (κ2) is 3.55. The number of fused-ring (bicyclic) bond motifs is 1. The number of aromatic nitrogens is 2. The summed E-state index contributed by atoms with van der Waals surface area (Å²) < 4.78 is 1.75. The van der Waals surface area contributed by atoms with Gasteiger partial charge in [0, 0.05) is 12.4 Å². The van der Waals surface area contributed by atoms with E-state index in [2.05, 4.69) is 4.98 Å². The third-order valence-corrected chi connectivity index (χ3v) is 2.29. The van der Waals surface area contributed by atoms with Crippen LogP contribution in [0.1, 0.15) is 11.3 Å². The van der Waals surface area contributed by atoms with Gasteiger partial charge in [-0.1, -0.05) is 11.6 Å². The van der Waals surface area contributed by atoms with Crippen LogP contribution in [0.3, 0.4) is 0 Å². The third kappa shape index (κ3) is 1.94. The van der Waals surface area contributed by atoms with Crippen molar-refractivity contribution in [2.24, 2.45) is 0 Å². The van der Waals surface area contributed by atoms with Gasteiger partial charge in [-0.15, -0.1) is 0 Å². The van der Waals surface area contributed by atoms with Crippen molar-refractivity contribution in [2.75, 3.05) is 0 Å². The predicted molar refractivity (Wildman–Crippen MR) is 56.3 cm³/mol. The van der Waals surface area contributed by atoms with Crippen LogP contribution in [-0.2, 0) is 11.2 Å². The molecule has 1 N–H and O–H groups in total. The lowest BCUT2D eigenvalue weighted by molar-refractivity contribution is -0.136. The van der Waals surface area contributed by atoms with Crippen LogP contribution in [0.2, 0.25) is 5.02 Å². The molecule has 5 heteroatoms. The number of hydrogen-bond acceptors (Lipinski definition) is 2. The van der Waals surface area contributed by atoms with Crippen LogP contribution >= 0.6 is 11.6 Å². The fourth-order valence-corrected chi connectivity index (χ4v) is 1.78. The Morgan fingerprint density at radius 1 is 1.60 bits per heavy atom. The van der Waals surface area contributed by atoms with Crippen molar-refractivity contribution in [1.82, 2.24) is 9.38 Å². The second-order valence-corrected chi connectivity index (χ2v) is 3.81. The van der Waals surface area contributed by atoms with Crippen molar-refractivity contribution in [1.29, 1.82) is 0 Å². The summed E-state index contributed by atoms with van der Waals surface area (Å²) in [5.41, 5.74) is 2.21. The molecule has 0 amide bonds. The highest BCUT2D eigenvalue weighted by molar-refractivity contribution is 6.30.